The molecule has 0 N–H and O–H groups in total. The van der Waals surface area contributed by atoms with Gasteiger partial charge in [-0.15, -0.1) is 0 Å². The number of esters is 2. The molecule has 5 heterocycles. The molecular weight excluding hydrogens is 1100 g/mol. The minimum atomic E-state index is -1.37. The van der Waals surface area contributed by atoms with Crippen molar-refractivity contribution < 1.29 is 120 Å². The zero-order valence-corrected chi connectivity index (χ0v) is 56.2. The predicted octanol–water partition coefficient (Wildman–Crippen LogP) is 5.34. The van der Waals surface area contributed by atoms with Crippen molar-refractivity contribution in [2.45, 2.75) is 266 Å². The van der Waals surface area contributed by atoms with E-state index in [1.54, 1.807) is 25.7 Å². The minimum absolute atomic E-state index is 0. The molecule has 0 aromatic rings. The number of aliphatic carboxylic acids is 1. The van der Waals surface area contributed by atoms with Gasteiger partial charge < -0.3 is 57.2 Å². The van der Waals surface area contributed by atoms with Gasteiger partial charge in [0.1, 0.15) is 23.0 Å². The number of aldehydes is 1. The summed E-state index contributed by atoms with van der Waals surface area (Å²) >= 11 is 0. The predicted molar refractivity (Wildman–Crippen MR) is 313 cm³/mol. The second-order valence-electron chi connectivity index (χ2n) is 25.7. The monoisotopic (exact) mass is 1200 g/mol. The van der Waals surface area contributed by atoms with Crippen LogP contribution < -0.4 is 34.7 Å². The summed E-state index contributed by atoms with van der Waals surface area (Å²) in [6.07, 6.45) is 11.3. The molecule has 5 fully saturated rings. The minimum Gasteiger partial charge on any atom is -0.550 e. The maximum Gasteiger partial charge on any atom is 1.00 e. The number of carbonyl (C=O) groups excluding carboxylic acids is 8. The number of carboxylic acids is 1. The van der Waals surface area contributed by atoms with Gasteiger partial charge in [0.2, 0.25) is 0 Å². The third-order valence-electron chi connectivity index (χ3n) is 16.0. The number of rotatable bonds is 15. The van der Waals surface area contributed by atoms with Gasteiger partial charge in [-0.25, -0.2) is 38.5 Å². The topological polar surface area (TPSA) is 262 Å². The van der Waals surface area contributed by atoms with Gasteiger partial charge in [0.05, 0.1) is 36.6 Å². The first-order chi connectivity index (χ1) is 37.3. The van der Waals surface area contributed by atoms with E-state index in [4.69, 9.17) is 47.5 Å². The van der Waals surface area contributed by atoms with E-state index in [0.29, 0.717) is 45.0 Å². The maximum atomic E-state index is 13.7. The molecule has 4 atom stereocenters. The van der Waals surface area contributed by atoms with Gasteiger partial charge in [0.25, 0.3) is 0 Å². The van der Waals surface area contributed by atoms with Crippen LogP contribution in [0.2, 0.25) is 12.6 Å². The second-order valence-corrected chi connectivity index (χ2v) is 25.7. The van der Waals surface area contributed by atoms with E-state index in [1.165, 1.54) is 38.4 Å². The van der Waals surface area contributed by atoms with E-state index in [2.05, 4.69) is 42.4 Å². The van der Waals surface area contributed by atoms with Crippen molar-refractivity contribution in [2.24, 2.45) is 11.8 Å². The summed E-state index contributed by atoms with van der Waals surface area (Å²) in [6.45, 7) is 34.2. The van der Waals surface area contributed by atoms with Gasteiger partial charge in [-0.3, -0.25) is 9.80 Å². The van der Waals surface area contributed by atoms with Crippen molar-refractivity contribution in [3.8, 4) is 0 Å². The Labute approximate surface area is 527 Å². The van der Waals surface area contributed by atoms with Crippen LogP contribution in [-0.2, 0) is 76.1 Å². The molecule has 22 nitrogen and oxygen atoms in total. The van der Waals surface area contributed by atoms with Crippen molar-refractivity contribution in [3.63, 3.8) is 0 Å². The van der Waals surface area contributed by atoms with Crippen molar-refractivity contribution in [1.29, 1.82) is 0 Å². The number of hydrogen-bond donors (Lipinski definition) is 0. The van der Waals surface area contributed by atoms with Crippen LogP contribution in [0.15, 0.2) is 0 Å². The molecule has 0 spiro atoms. The summed E-state index contributed by atoms with van der Waals surface area (Å²) in [7, 11) is 2.13. The van der Waals surface area contributed by atoms with Gasteiger partial charge >= 0.3 is 79.9 Å². The van der Waals surface area contributed by atoms with E-state index >= 15 is 0 Å². The van der Waals surface area contributed by atoms with Crippen molar-refractivity contribution in [1.82, 2.24) is 14.7 Å². The molecule has 4 unspecified atom stereocenters. The zero-order valence-electron chi connectivity index (χ0n) is 54.2. The molecule has 2 amide bonds. The molecule has 0 aromatic carbocycles. The van der Waals surface area contributed by atoms with E-state index in [9.17, 15) is 33.6 Å². The number of hydrogen-bond acceptors (Lipinski definition) is 20. The maximum absolute atomic E-state index is 13.7. The molecule has 0 aliphatic carbocycles. The Hall–Kier alpha value is -3.45. The molecule has 84 heavy (non-hydrogen) atoms. The van der Waals surface area contributed by atoms with Crippen LogP contribution in [0.4, 0.5) is 9.59 Å². The average molecular weight is 1200 g/mol. The quantitative estimate of drug-likeness (QED) is 0.0500. The SMILES string of the molecule is C.CC(=O)OOC(C)=O.CC(=O)[O-].COC(=O)C1(CC=O)C(CCCB2OC(C)(C)C(C)(C)O2)CCCN1C(=O)OC(C)(C)C.COC(=O)C1(CCN2CCCCC2)C(CCCB2OC(C)(C)C(C)(C)O2)CCCN1C(=O)OC(C)(C)C.[B].[Na+]. The fraction of sp³-hybridized carbons (Fsp3) is 0.862. The summed E-state index contributed by atoms with van der Waals surface area (Å²) in [6, 6.07) is 0. The number of methoxy groups -OCH3 is 2. The molecule has 0 bridgehead atoms. The van der Waals surface area contributed by atoms with Gasteiger partial charge in [-0.1, -0.05) is 26.7 Å². The van der Waals surface area contributed by atoms with Crippen molar-refractivity contribution in [2.75, 3.05) is 46.9 Å². The first-order valence-electron chi connectivity index (χ1n) is 28.9. The number of likely N-dealkylation sites (tertiary alicyclic amines) is 3. The fourth-order valence-electron chi connectivity index (χ4n) is 10.9. The number of amides is 2. The number of carboxylic acid groups (broad SMARTS) is 1. The largest absolute Gasteiger partial charge is 1.00 e. The summed E-state index contributed by atoms with van der Waals surface area (Å²) < 4.78 is 46.6. The number of piperidine rings is 3. The van der Waals surface area contributed by atoms with Crippen molar-refractivity contribution in [3.05, 3.63) is 0 Å². The van der Waals surface area contributed by atoms with Crippen LogP contribution in [0.1, 0.15) is 209 Å². The van der Waals surface area contributed by atoms with Crippen LogP contribution in [0.25, 0.3) is 0 Å². The summed E-state index contributed by atoms with van der Waals surface area (Å²) in [5.74, 6) is -3.51. The smallest absolute Gasteiger partial charge is 0.550 e. The second kappa shape index (κ2) is 35.5. The molecule has 5 rings (SSSR count). The molecule has 0 saturated carbocycles. The Bertz CT molecular complexity index is 2050. The summed E-state index contributed by atoms with van der Waals surface area (Å²) in [5.41, 5.74) is -5.29. The van der Waals surface area contributed by atoms with E-state index in [-0.39, 0.29) is 95.1 Å². The Morgan fingerprint density at radius 2 is 0.917 bits per heavy atom. The molecule has 475 valence electrons. The van der Waals surface area contributed by atoms with E-state index in [1.807, 2.05) is 48.5 Å². The average Bonchev–Trinajstić information content (AvgIpc) is 3.69. The Morgan fingerprint density at radius 1 is 0.583 bits per heavy atom. The third kappa shape index (κ3) is 24.3. The number of nitrogens with zero attached hydrogens (tertiary/aromatic N) is 3. The first-order valence-corrected chi connectivity index (χ1v) is 28.9. The molecule has 0 aromatic heterocycles. The van der Waals surface area contributed by atoms with Gasteiger partial charge in [-0.05, 0) is 199 Å². The molecular formula is C58H104B3N3NaO19. The number of carbonyl (C=O) groups is 8. The normalized spacial score (nSPS) is 23.8. The van der Waals surface area contributed by atoms with E-state index in [0.717, 1.165) is 85.3 Å². The van der Waals surface area contributed by atoms with Crippen LogP contribution >= 0.6 is 0 Å². The zero-order chi connectivity index (χ0) is 62.0. The van der Waals surface area contributed by atoms with Gasteiger partial charge in [-0.2, -0.15) is 0 Å². The summed E-state index contributed by atoms with van der Waals surface area (Å²) in [4.78, 5) is 107. The molecule has 5 aliphatic rings. The van der Waals surface area contributed by atoms with Crippen LogP contribution in [0.3, 0.4) is 0 Å². The van der Waals surface area contributed by atoms with Crippen LogP contribution in [0, 0.1) is 11.8 Å². The third-order valence-corrected chi connectivity index (χ3v) is 16.0. The van der Waals surface area contributed by atoms with E-state index < -0.39 is 69.5 Å². The standard InChI is InChI=1S/C28H51BN2O6.C23H40BNO7.C4H6O4.C2H4O2.CH4.B.Na/c1-25(2,3)35-24(33)31-20-13-15-22(14-12-17-29-36-26(4,5)27(6,7)37-29)28(31,23(32)34-8)16-21-30-18-10-9-11-19-30;1-20(2,3)30-19(28)25-15-10-12-17(23(25,13-16-26)18(27)29-8)11-9-14-24-31-21(4,5)22(6,7)32-24;1-3(5)7-8-4(2)6;1-2(3)4;;;/h22H,9-21H2,1-8H3;16-17H,9-15H2,1-8H3;1-2H3;1H3,(H,3,4);1H4;;/q;;;;;;+1/p-1. The van der Waals surface area contributed by atoms with Gasteiger partial charge in [0, 0.05) is 54.3 Å². The molecule has 5 aliphatic heterocycles. The Morgan fingerprint density at radius 3 is 1.24 bits per heavy atom. The Balaban J connectivity index is 0. The molecule has 5 saturated heterocycles. The van der Waals surface area contributed by atoms with Crippen molar-refractivity contribution >= 4 is 71.0 Å². The van der Waals surface area contributed by atoms with Crippen LogP contribution in [0.5, 0.6) is 0 Å². The summed E-state index contributed by atoms with van der Waals surface area (Å²) in [5, 5.41) is 8.89. The van der Waals surface area contributed by atoms with Crippen LogP contribution in [-0.4, -0.2) is 177 Å². The molecule has 26 heteroatoms. The first kappa shape index (κ1) is 82.6. The number of ether oxygens (including phenoxy) is 4. The van der Waals surface area contributed by atoms with Gasteiger partial charge in [0.15, 0.2) is 5.54 Å². The molecule has 3 radical (unpaired) electrons. The Kier molecular flexibility index (Phi) is 34.9. The fourth-order valence-corrected chi connectivity index (χ4v) is 10.9.